The zero-order chi connectivity index (χ0) is 12.3. The predicted octanol–water partition coefficient (Wildman–Crippen LogP) is 3.29. The molecule has 0 aliphatic rings. The Morgan fingerprint density at radius 1 is 1.47 bits per heavy atom. The average Bonchev–Trinajstić information content (AvgIpc) is 2.33. The van der Waals surface area contributed by atoms with E-state index in [0.717, 1.165) is 18.4 Å². The van der Waals surface area contributed by atoms with E-state index in [4.69, 9.17) is 12.2 Å². The van der Waals surface area contributed by atoms with Gasteiger partial charge in [-0.1, -0.05) is 25.6 Å². The Morgan fingerprint density at radius 3 is 3.00 bits per heavy atom. The minimum Gasteiger partial charge on any atom is -0.345 e. The molecule has 0 aliphatic carbocycles. The molecular weight excluding hydrogens is 237 g/mol. The lowest BCUT2D eigenvalue weighted by Crippen LogP contribution is -1.98. The number of hydrogen-bond donors (Lipinski definition) is 1. The molecule has 3 nitrogen and oxygen atoms in total. The van der Waals surface area contributed by atoms with Crippen molar-refractivity contribution in [3.05, 3.63) is 40.8 Å². The summed E-state index contributed by atoms with van der Waals surface area (Å²) in [5, 5.41) is 0. The lowest BCUT2D eigenvalue weighted by atomic mass is 10.0. The first kappa shape index (κ1) is 11.9. The predicted molar refractivity (Wildman–Crippen MR) is 66.6 cm³/mol. The van der Waals surface area contributed by atoms with E-state index in [1.807, 2.05) is 0 Å². The second kappa shape index (κ2) is 5.14. The van der Waals surface area contributed by atoms with E-state index in [9.17, 15) is 4.39 Å². The minimum absolute atomic E-state index is 0.360. The summed E-state index contributed by atoms with van der Waals surface area (Å²) in [6.07, 6.45) is 5.97. The smallest absolute Gasteiger partial charge is 0.150 e. The van der Waals surface area contributed by atoms with Gasteiger partial charge in [0.15, 0.2) is 5.82 Å². The Morgan fingerprint density at radius 2 is 2.29 bits per heavy atom. The van der Waals surface area contributed by atoms with Crippen LogP contribution in [0.15, 0.2) is 24.8 Å². The number of H-pyrrole nitrogens is 1. The third-order valence-electron chi connectivity index (χ3n) is 2.49. The van der Waals surface area contributed by atoms with E-state index < -0.39 is 0 Å². The third kappa shape index (κ3) is 2.39. The van der Waals surface area contributed by atoms with Crippen LogP contribution in [-0.2, 0) is 6.42 Å². The van der Waals surface area contributed by atoms with Gasteiger partial charge in [-0.05, 0) is 12.5 Å². The highest BCUT2D eigenvalue weighted by atomic mass is 32.1. The second-order valence-electron chi connectivity index (χ2n) is 3.67. The van der Waals surface area contributed by atoms with Gasteiger partial charge < -0.3 is 4.98 Å². The first-order chi connectivity index (χ1) is 8.24. The van der Waals surface area contributed by atoms with Crippen LogP contribution in [0.1, 0.15) is 18.9 Å². The van der Waals surface area contributed by atoms with Gasteiger partial charge >= 0.3 is 0 Å². The average molecular weight is 249 g/mol. The van der Waals surface area contributed by atoms with Crippen molar-refractivity contribution in [3.63, 3.8) is 0 Å². The monoisotopic (exact) mass is 249 g/mol. The highest BCUT2D eigenvalue weighted by Crippen LogP contribution is 2.24. The lowest BCUT2D eigenvalue weighted by molar-refractivity contribution is 0.624. The Balaban J connectivity index is 2.63. The first-order valence-electron chi connectivity index (χ1n) is 5.40. The molecule has 2 heterocycles. The van der Waals surface area contributed by atoms with Crippen LogP contribution in [0.3, 0.4) is 0 Å². The van der Waals surface area contributed by atoms with Crippen LogP contribution < -0.4 is 0 Å². The van der Waals surface area contributed by atoms with Crippen LogP contribution in [0.4, 0.5) is 4.39 Å². The van der Waals surface area contributed by atoms with Gasteiger partial charge in [-0.15, -0.1) is 0 Å². The molecule has 0 spiro atoms. The fourth-order valence-corrected chi connectivity index (χ4v) is 1.98. The fraction of sp³-hybridized carbons (Fsp3) is 0.250. The van der Waals surface area contributed by atoms with Crippen LogP contribution in [0, 0.1) is 10.5 Å². The van der Waals surface area contributed by atoms with Gasteiger partial charge in [0.1, 0.15) is 4.64 Å². The van der Waals surface area contributed by atoms with Crippen molar-refractivity contribution in [1.29, 1.82) is 0 Å². The van der Waals surface area contributed by atoms with Gasteiger partial charge in [-0.3, -0.25) is 4.98 Å². The molecule has 0 radical (unpaired) electrons. The standard InChI is InChI=1S/C12H12FN3S/c1-2-3-9-11(15-7-16-12(9)17)8-4-5-14-6-10(8)13/h4-7H,2-3H2,1H3,(H,15,16,17). The molecule has 2 aromatic heterocycles. The number of rotatable bonds is 3. The molecule has 88 valence electrons. The van der Waals surface area contributed by atoms with Crippen molar-refractivity contribution in [2.75, 3.05) is 0 Å². The van der Waals surface area contributed by atoms with Crippen molar-refractivity contribution in [1.82, 2.24) is 15.0 Å². The summed E-state index contributed by atoms with van der Waals surface area (Å²) in [5.41, 5.74) is 2.07. The highest BCUT2D eigenvalue weighted by Gasteiger charge is 2.11. The van der Waals surface area contributed by atoms with E-state index in [2.05, 4.69) is 21.9 Å². The van der Waals surface area contributed by atoms with Crippen LogP contribution in [-0.4, -0.2) is 15.0 Å². The molecule has 0 saturated heterocycles. The molecule has 17 heavy (non-hydrogen) atoms. The van der Waals surface area contributed by atoms with Gasteiger partial charge in [0.25, 0.3) is 0 Å². The summed E-state index contributed by atoms with van der Waals surface area (Å²) in [4.78, 5) is 10.7. The van der Waals surface area contributed by atoms with Crippen molar-refractivity contribution in [2.45, 2.75) is 19.8 Å². The quantitative estimate of drug-likeness (QED) is 0.849. The minimum atomic E-state index is -0.360. The van der Waals surface area contributed by atoms with E-state index in [-0.39, 0.29) is 5.82 Å². The van der Waals surface area contributed by atoms with Gasteiger partial charge in [0.2, 0.25) is 0 Å². The van der Waals surface area contributed by atoms with Gasteiger partial charge in [-0.25, -0.2) is 9.37 Å². The maximum Gasteiger partial charge on any atom is 0.150 e. The largest absolute Gasteiger partial charge is 0.345 e. The zero-order valence-electron chi connectivity index (χ0n) is 9.40. The Labute approximate surface area is 104 Å². The Kier molecular flexibility index (Phi) is 3.58. The van der Waals surface area contributed by atoms with Crippen molar-refractivity contribution in [2.24, 2.45) is 0 Å². The van der Waals surface area contributed by atoms with Crippen molar-refractivity contribution in [3.8, 4) is 11.3 Å². The zero-order valence-corrected chi connectivity index (χ0v) is 10.2. The third-order valence-corrected chi connectivity index (χ3v) is 2.84. The maximum atomic E-state index is 13.7. The molecule has 0 atom stereocenters. The summed E-state index contributed by atoms with van der Waals surface area (Å²) >= 11 is 5.18. The molecule has 0 bridgehead atoms. The second-order valence-corrected chi connectivity index (χ2v) is 4.05. The van der Waals surface area contributed by atoms with Gasteiger partial charge in [0.05, 0.1) is 18.2 Å². The molecule has 0 aliphatic heterocycles. The topological polar surface area (TPSA) is 41.6 Å². The number of nitrogens with one attached hydrogen (secondary N) is 1. The van der Waals surface area contributed by atoms with Crippen LogP contribution >= 0.6 is 12.2 Å². The molecule has 2 aromatic rings. The SMILES string of the molecule is CCCc1c(-c2ccncc2F)[nH]cnc1=S. The number of aromatic nitrogens is 3. The summed E-state index contributed by atoms with van der Waals surface area (Å²) < 4.78 is 14.2. The molecule has 0 amide bonds. The van der Waals surface area contributed by atoms with Crippen molar-refractivity contribution < 1.29 is 4.39 Å². The normalized spacial score (nSPS) is 10.5. The maximum absolute atomic E-state index is 13.7. The van der Waals surface area contributed by atoms with E-state index in [0.29, 0.717) is 15.9 Å². The molecular formula is C12H12FN3S. The Bertz CT molecular complexity index is 580. The molecule has 0 fully saturated rings. The number of halogens is 1. The van der Waals surface area contributed by atoms with Gasteiger partial charge in [-0.2, -0.15) is 0 Å². The molecule has 0 saturated carbocycles. The van der Waals surface area contributed by atoms with E-state index in [1.165, 1.54) is 12.5 Å². The summed E-state index contributed by atoms with van der Waals surface area (Å²) in [6.45, 7) is 2.05. The van der Waals surface area contributed by atoms with Crippen LogP contribution in [0.2, 0.25) is 0 Å². The van der Waals surface area contributed by atoms with Crippen LogP contribution in [0.5, 0.6) is 0 Å². The van der Waals surface area contributed by atoms with Crippen molar-refractivity contribution >= 4 is 12.2 Å². The molecule has 0 aromatic carbocycles. The number of pyridine rings is 1. The first-order valence-corrected chi connectivity index (χ1v) is 5.81. The molecule has 1 N–H and O–H groups in total. The van der Waals surface area contributed by atoms with Crippen LogP contribution in [0.25, 0.3) is 11.3 Å². The molecule has 2 rings (SSSR count). The molecule has 0 unspecified atom stereocenters. The van der Waals surface area contributed by atoms with E-state index >= 15 is 0 Å². The summed E-state index contributed by atoms with van der Waals surface area (Å²) in [7, 11) is 0. The fourth-order valence-electron chi connectivity index (χ4n) is 1.73. The summed E-state index contributed by atoms with van der Waals surface area (Å²) in [6, 6.07) is 1.63. The Hall–Kier alpha value is -1.62. The number of nitrogens with zero attached hydrogens (tertiary/aromatic N) is 2. The number of hydrogen-bond acceptors (Lipinski definition) is 3. The summed E-state index contributed by atoms with van der Waals surface area (Å²) in [5.74, 6) is -0.360. The number of aromatic amines is 1. The van der Waals surface area contributed by atoms with E-state index in [1.54, 1.807) is 12.3 Å². The molecule has 5 heteroatoms. The van der Waals surface area contributed by atoms with Gasteiger partial charge in [0, 0.05) is 17.3 Å². The lowest BCUT2D eigenvalue weighted by Gasteiger charge is -2.08. The highest BCUT2D eigenvalue weighted by molar-refractivity contribution is 7.71.